The summed E-state index contributed by atoms with van der Waals surface area (Å²) >= 11 is 3.97. The summed E-state index contributed by atoms with van der Waals surface area (Å²) in [6, 6.07) is 11.4. The van der Waals surface area contributed by atoms with Gasteiger partial charge in [0.15, 0.2) is 17.1 Å². The number of hydrogen-bond donors (Lipinski definition) is 0. The predicted molar refractivity (Wildman–Crippen MR) is 141 cm³/mol. The molecule has 2 aliphatic rings. The molecule has 0 saturated carbocycles. The number of alkyl halides is 2. The first-order valence-electron chi connectivity index (χ1n) is 11.0. The lowest BCUT2D eigenvalue weighted by Crippen LogP contribution is -2.28. The fraction of sp³-hybridized carbons (Fsp3) is 0.292. The number of fused-ring (bicyclic) bond motifs is 2. The van der Waals surface area contributed by atoms with Crippen LogP contribution in [-0.2, 0) is 6.54 Å². The zero-order valence-electron chi connectivity index (χ0n) is 18.0. The van der Waals surface area contributed by atoms with Crippen LogP contribution in [0.4, 0.5) is 8.78 Å². The number of likely N-dealkylation sites (tertiary alicyclic amines) is 1. The number of hydrogen-bond acceptors (Lipinski definition) is 6. The Labute approximate surface area is 215 Å². The van der Waals surface area contributed by atoms with Crippen molar-refractivity contribution in [1.82, 2.24) is 13.9 Å². The summed E-state index contributed by atoms with van der Waals surface area (Å²) in [7, 11) is 1.47. The van der Waals surface area contributed by atoms with Crippen LogP contribution in [0.15, 0.2) is 48.8 Å². The normalized spacial score (nSPS) is 17.5. The highest BCUT2D eigenvalue weighted by Gasteiger charge is 2.44. The predicted octanol–water partition coefficient (Wildman–Crippen LogP) is 7.59. The zero-order valence-corrected chi connectivity index (χ0v) is 21.8. The van der Waals surface area contributed by atoms with Crippen LogP contribution in [0.1, 0.15) is 24.1 Å². The van der Waals surface area contributed by atoms with Crippen LogP contribution in [0.2, 0.25) is 0 Å². The molecule has 0 amide bonds. The van der Waals surface area contributed by atoms with Crippen LogP contribution in [-0.4, -0.2) is 33.2 Å². The van der Waals surface area contributed by atoms with Gasteiger partial charge in [0.1, 0.15) is 0 Å². The molecule has 0 atom stereocenters. The van der Waals surface area contributed by atoms with Gasteiger partial charge in [-0.1, -0.05) is 18.6 Å². The van der Waals surface area contributed by atoms with E-state index in [0.717, 1.165) is 46.7 Å². The number of piperidine rings is 1. The molecular weight excluding hydrogens is 591 g/mol. The average Bonchev–Trinajstić information content (AvgIpc) is 3.53. The van der Waals surface area contributed by atoms with Crippen molar-refractivity contribution in [3.63, 3.8) is 0 Å². The Morgan fingerprint density at radius 3 is 2.76 bits per heavy atom. The molecule has 6 rings (SSSR count). The SMILES string of the molecule is FC1(F)Oc2cccc(-c3cn(SI)c4ncc(-c5ccc(CN6CCCCC6)s5)cc34)c2O1. The van der Waals surface area contributed by atoms with Gasteiger partial charge in [0.25, 0.3) is 0 Å². The van der Waals surface area contributed by atoms with E-state index in [1.165, 1.54) is 39.3 Å². The standard InChI is InChI=1S/C24H20F2IN3O2S2/c25-24(26)31-20-6-4-5-17(22(20)32-24)19-14-30(34-27)23-18(19)11-15(12-28-23)21-8-7-16(33-21)13-29-9-2-1-3-10-29/h4-8,11-12,14H,1-3,9-10,13H2. The van der Waals surface area contributed by atoms with E-state index in [2.05, 4.69) is 49.0 Å². The number of thiophene rings is 1. The second-order valence-corrected chi connectivity index (χ2v) is 11.3. The Kier molecular flexibility index (Phi) is 5.95. The van der Waals surface area contributed by atoms with Gasteiger partial charge >= 0.3 is 6.29 Å². The Morgan fingerprint density at radius 1 is 1.09 bits per heavy atom. The largest absolute Gasteiger partial charge is 0.586 e. The van der Waals surface area contributed by atoms with E-state index in [0.29, 0.717) is 5.56 Å². The number of pyridine rings is 1. The van der Waals surface area contributed by atoms with Crippen LogP contribution in [0.25, 0.3) is 32.6 Å². The summed E-state index contributed by atoms with van der Waals surface area (Å²) in [5.74, 6) is 0.0885. The molecule has 5 heterocycles. The van der Waals surface area contributed by atoms with Crippen molar-refractivity contribution in [2.45, 2.75) is 32.1 Å². The highest BCUT2D eigenvalue weighted by atomic mass is 127. The van der Waals surface area contributed by atoms with Crippen LogP contribution < -0.4 is 9.47 Å². The number of para-hydroxylation sites is 1. The van der Waals surface area contributed by atoms with E-state index in [1.54, 1.807) is 23.5 Å². The van der Waals surface area contributed by atoms with Crippen LogP contribution in [0.5, 0.6) is 11.5 Å². The van der Waals surface area contributed by atoms with Gasteiger partial charge in [-0.05, 0) is 50.2 Å². The fourth-order valence-corrected chi connectivity index (χ4v) is 6.91. The summed E-state index contributed by atoms with van der Waals surface area (Å²) in [6.45, 7) is 3.31. The van der Waals surface area contributed by atoms with Gasteiger partial charge < -0.3 is 9.47 Å². The van der Waals surface area contributed by atoms with Crippen molar-refractivity contribution >= 4 is 52.7 Å². The second kappa shape index (κ2) is 8.96. The summed E-state index contributed by atoms with van der Waals surface area (Å²) in [6.07, 6.45) is 4.00. The van der Waals surface area contributed by atoms with E-state index in [4.69, 9.17) is 9.72 Å². The molecule has 0 bridgehead atoms. The van der Waals surface area contributed by atoms with Gasteiger partial charge in [0.05, 0.1) is 0 Å². The molecule has 0 N–H and O–H groups in total. The molecule has 3 aromatic heterocycles. The van der Waals surface area contributed by atoms with Crippen molar-refractivity contribution in [2.75, 3.05) is 13.1 Å². The topological polar surface area (TPSA) is 39.5 Å². The van der Waals surface area contributed by atoms with E-state index < -0.39 is 6.29 Å². The molecule has 1 saturated heterocycles. The minimum atomic E-state index is -3.67. The fourth-order valence-electron chi connectivity index (χ4n) is 4.62. The molecule has 1 aromatic carbocycles. The maximum atomic E-state index is 13.8. The summed E-state index contributed by atoms with van der Waals surface area (Å²) in [5, 5.41) is 0.875. The maximum Gasteiger partial charge on any atom is 0.586 e. The highest BCUT2D eigenvalue weighted by molar-refractivity contribution is 14.2. The van der Waals surface area contributed by atoms with Crippen LogP contribution >= 0.6 is 41.7 Å². The Hall–Kier alpha value is -1.89. The Balaban J connectivity index is 1.39. The Morgan fingerprint density at radius 2 is 1.94 bits per heavy atom. The van der Waals surface area contributed by atoms with E-state index in [9.17, 15) is 8.78 Å². The number of ether oxygens (including phenoxy) is 2. The molecular formula is C24H20F2IN3O2S2. The third-order valence-corrected chi connectivity index (χ3v) is 9.00. The number of rotatable bonds is 5. The lowest BCUT2D eigenvalue weighted by molar-refractivity contribution is -0.286. The van der Waals surface area contributed by atoms with Gasteiger partial charge in [-0.25, -0.2) is 4.98 Å². The van der Waals surface area contributed by atoms with Gasteiger partial charge in [-0.2, -0.15) is 0 Å². The van der Waals surface area contributed by atoms with Crippen molar-refractivity contribution in [3.05, 3.63) is 53.7 Å². The molecule has 2 aliphatic heterocycles. The van der Waals surface area contributed by atoms with E-state index >= 15 is 0 Å². The van der Waals surface area contributed by atoms with Gasteiger partial charge in [-0.15, -0.1) is 20.1 Å². The first-order valence-corrected chi connectivity index (χ1v) is 15.1. The van der Waals surface area contributed by atoms with Crippen LogP contribution in [0, 0.1) is 0 Å². The summed E-state index contributed by atoms with van der Waals surface area (Å²) < 4.78 is 39.1. The quantitative estimate of drug-likeness (QED) is 0.218. The molecule has 34 heavy (non-hydrogen) atoms. The number of aromatic nitrogens is 2. The molecule has 5 nitrogen and oxygen atoms in total. The van der Waals surface area contributed by atoms with Gasteiger partial charge in [-0.3, -0.25) is 8.87 Å². The van der Waals surface area contributed by atoms with Gasteiger partial charge in [0.2, 0.25) is 0 Å². The van der Waals surface area contributed by atoms with Crippen LogP contribution in [0.3, 0.4) is 0 Å². The third kappa shape index (κ3) is 4.18. The highest BCUT2D eigenvalue weighted by Crippen LogP contribution is 2.49. The van der Waals surface area contributed by atoms with Crippen molar-refractivity contribution in [2.24, 2.45) is 0 Å². The number of benzene rings is 1. The van der Waals surface area contributed by atoms with Crippen molar-refractivity contribution in [1.29, 1.82) is 0 Å². The first-order chi connectivity index (χ1) is 16.5. The summed E-state index contributed by atoms with van der Waals surface area (Å²) in [4.78, 5) is 9.74. The molecule has 4 aromatic rings. The molecule has 0 unspecified atom stereocenters. The molecule has 0 spiro atoms. The molecule has 0 radical (unpaired) electrons. The van der Waals surface area contributed by atoms with Gasteiger partial charge in [0, 0.05) is 81.1 Å². The maximum absolute atomic E-state index is 13.8. The van der Waals surface area contributed by atoms with E-state index in [-0.39, 0.29) is 11.5 Å². The third-order valence-electron chi connectivity index (χ3n) is 6.18. The van der Waals surface area contributed by atoms with Crippen molar-refractivity contribution < 1.29 is 18.3 Å². The monoisotopic (exact) mass is 611 g/mol. The summed E-state index contributed by atoms with van der Waals surface area (Å²) in [5.41, 5.74) is 3.11. The number of halogens is 3. The number of nitrogens with zero attached hydrogens (tertiary/aromatic N) is 3. The molecule has 176 valence electrons. The van der Waals surface area contributed by atoms with E-state index in [1.807, 2.05) is 16.4 Å². The smallest absolute Gasteiger partial charge is 0.395 e. The molecule has 10 heteroatoms. The second-order valence-electron chi connectivity index (χ2n) is 8.44. The molecule has 0 aliphatic carbocycles. The zero-order chi connectivity index (χ0) is 23.3. The molecule has 1 fully saturated rings. The Bertz CT molecular complexity index is 1370. The lowest BCUT2D eigenvalue weighted by atomic mass is 10.0. The lowest BCUT2D eigenvalue weighted by Gasteiger charge is -2.25. The average molecular weight is 611 g/mol. The minimum Gasteiger partial charge on any atom is -0.395 e. The first kappa shape index (κ1) is 22.6. The van der Waals surface area contributed by atoms with Crippen molar-refractivity contribution in [3.8, 4) is 33.1 Å². The minimum absolute atomic E-state index is 0.0373.